The number of carbonyl (C=O) groups is 1. The van der Waals surface area contributed by atoms with Crippen molar-refractivity contribution >= 4 is 16.8 Å². The molecule has 0 saturated heterocycles. The highest BCUT2D eigenvalue weighted by molar-refractivity contribution is 6.08. The lowest BCUT2D eigenvalue weighted by Gasteiger charge is -2.11. The first-order valence-electron chi connectivity index (χ1n) is 4.94. The molecule has 2 aromatic rings. The number of hydrogen-bond donors (Lipinski definition) is 2. The molecule has 82 valence electrons. The van der Waals surface area contributed by atoms with Gasteiger partial charge in [0.15, 0.2) is 11.6 Å². The van der Waals surface area contributed by atoms with Crippen molar-refractivity contribution in [3.8, 4) is 0 Å². The van der Waals surface area contributed by atoms with Gasteiger partial charge in [-0.3, -0.25) is 4.79 Å². The molecule has 16 heavy (non-hydrogen) atoms. The topological polar surface area (TPSA) is 44.9 Å². The van der Waals surface area contributed by atoms with Crippen molar-refractivity contribution in [3.63, 3.8) is 0 Å². The second-order valence-electron chi connectivity index (χ2n) is 3.80. The Hall–Kier alpha value is -1.91. The first kappa shape index (κ1) is 9.33. The van der Waals surface area contributed by atoms with Gasteiger partial charge in [0.2, 0.25) is 0 Å². The number of halogens is 2. The van der Waals surface area contributed by atoms with Crippen LogP contribution in [0.2, 0.25) is 0 Å². The number of aromatic amines is 1. The molecule has 0 spiro atoms. The molecule has 1 aromatic heterocycles. The molecule has 0 atom stereocenters. The first-order chi connectivity index (χ1) is 7.66. The summed E-state index contributed by atoms with van der Waals surface area (Å²) in [6, 6.07) is 2.14. The molecule has 2 N–H and O–H groups in total. The number of aromatic nitrogens is 1. The number of rotatable bonds is 0. The molecule has 1 aliphatic heterocycles. The lowest BCUT2D eigenvalue weighted by molar-refractivity contribution is 0.0947. The summed E-state index contributed by atoms with van der Waals surface area (Å²) in [6.45, 7) is 0.545. The summed E-state index contributed by atoms with van der Waals surface area (Å²) in [6.07, 6.45) is 0.652. The van der Waals surface area contributed by atoms with E-state index in [9.17, 15) is 13.6 Å². The predicted molar refractivity (Wildman–Crippen MR) is 54.3 cm³/mol. The van der Waals surface area contributed by atoms with E-state index in [0.717, 1.165) is 17.8 Å². The minimum absolute atomic E-state index is 0.237. The molecular formula is C11H8F2N2O. The highest BCUT2D eigenvalue weighted by Crippen LogP contribution is 2.26. The molecule has 1 amide bonds. The van der Waals surface area contributed by atoms with Crippen LogP contribution in [0.3, 0.4) is 0 Å². The fourth-order valence-electron chi connectivity index (χ4n) is 2.08. The van der Waals surface area contributed by atoms with Gasteiger partial charge in [0, 0.05) is 35.6 Å². The summed E-state index contributed by atoms with van der Waals surface area (Å²) in [5.74, 6) is -2.09. The van der Waals surface area contributed by atoms with E-state index in [4.69, 9.17) is 0 Å². The predicted octanol–water partition coefficient (Wildman–Crippen LogP) is 1.73. The first-order valence-corrected chi connectivity index (χ1v) is 4.94. The van der Waals surface area contributed by atoms with Crippen LogP contribution in [-0.4, -0.2) is 17.4 Å². The molecule has 0 unspecified atom stereocenters. The van der Waals surface area contributed by atoms with Crippen molar-refractivity contribution in [2.45, 2.75) is 6.42 Å². The van der Waals surface area contributed by atoms with Gasteiger partial charge in [-0.15, -0.1) is 0 Å². The van der Waals surface area contributed by atoms with Crippen molar-refractivity contribution < 1.29 is 13.6 Å². The summed E-state index contributed by atoms with van der Waals surface area (Å²) < 4.78 is 26.1. The number of hydrogen-bond acceptors (Lipinski definition) is 1. The Kier molecular flexibility index (Phi) is 1.77. The normalized spacial score (nSPS) is 15.0. The lowest BCUT2D eigenvalue weighted by Crippen LogP contribution is -2.31. The lowest BCUT2D eigenvalue weighted by atomic mass is 10.1. The van der Waals surface area contributed by atoms with Gasteiger partial charge in [0.1, 0.15) is 0 Å². The van der Waals surface area contributed by atoms with Gasteiger partial charge in [-0.25, -0.2) is 8.78 Å². The zero-order valence-corrected chi connectivity index (χ0v) is 8.23. The standard InChI is InChI=1S/C11H8F2N2O/c12-6-3-5-9(4-7(6)13)15-8-1-2-14-11(16)10(5)8/h3-4,15H,1-2H2,(H,14,16). The summed E-state index contributed by atoms with van der Waals surface area (Å²) in [4.78, 5) is 14.6. The average Bonchev–Trinajstić information content (AvgIpc) is 2.58. The van der Waals surface area contributed by atoms with E-state index < -0.39 is 11.6 Å². The Morgan fingerprint density at radius 2 is 1.94 bits per heavy atom. The molecule has 0 aliphatic carbocycles. The fraction of sp³-hybridized carbons (Fsp3) is 0.182. The molecule has 1 aromatic carbocycles. The highest BCUT2D eigenvalue weighted by atomic mass is 19.2. The van der Waals surface area contributed by atoms with Gasteiger partial charge in [-0.1, -0.05) is 0 Å². The molecule has 3 rings (SSSR count). The van der Waals surface area contributed by atoms with Crippen LogP contribution in [0.4, 0.5) is 8.78 Å². The Morgan fingerprint density at radius 1 is 1.19 bits per heavy atom. The van der Waals surface area contributed by atoms with Crippen molar-refractivity contribution in [1.82, 2.24) is 10.3 Å². The van der Waals surface area contributed by atoms with E-state index in [0.29, 0.717) is 29.4 Å². The number of fused-ring (bicyclic) bond motifs is 3. The van der Waals surface area contributed by atoms with Gasteiger partial charge < -0.3 is 10.3 Å². The number of benzene rings is 1. The molecule has 2 heterocycles. The maximum absolute atomic E-state index is 13.1. The van der Waals surface area contributed by atoms with Crippen LogP contribution in [0, 0.1) is 11.6 Å². The summed E-state index contributed by atoms with van der Waals surface area (Å²) in [5.41, 5.74) is 1.63. The van der Waals surface area contributed by atoms with Crippen LogP contribution in [0.5, 0.6) is 0 Å². The Labute approximate surface area is 89.5 Å². The van der Waals surface area contributed by atoms with E-state index >= 15 is 0 Å². The van der Waals surface area contributed by atoms with Gasteiger partial charge in [0.25, 0.3) is 5.91 Å². The monoisotopic (exact) mass is 222 g/mol. The van der Waals surface area contributed by atoms with E-state index in [2.05, 4.69) is 10.3 Å². The fourth-order valence-corrected chi connectivity index (χ4v) is 2.08. The Balaban J connectivity index is 2.38. The molecule has 0 saturated carbocycles. The number of amides is 1. The molecular weight excluding hydrogens is 214 g/mol. The van der Waals surface area contributed by atoms with Gasteiger partial charge >= 0.3 is 0 Å². The minimum Gasteiger partial charge on any atom is -0.358 e. The number of nitrogens with one attached hydrogen (secondary N) is 2. The van der Waals surface area contributed by atoms with Gasteiger partial charge in [-0.05, 0) is 6.07 Å². The zero-order valence-electron chi connectivity index (χ0n) is 8.23. The van der Waals surface area contributed by atoms with Crippen molar-refractivity contribution in [3.05, 3.63) is 35.0 Å². The number of carbonyl (C=O) groups excluding carboxylic acids is 1. The molecule has 1 aliphatic rings. The third-order valence-electron chi connectivity index (χ3n) is 2.80. The average molecular weight is 222 g/mol. The van der Waals surface area contributed by atoms with Crippen molar-refractivity contribution in [2.75, 3.05) is 6.54 Å². The number of H-pyrrole nitrogens is 1. The molecule has 0 bridgehead atoms. The van der Waals surface area contributed by atoms with Crippen molar-refractivity contribution in [1.29, 1.82) is 0 Å². The van der Waals surface area contributed by atoms with Crippen LogP contribution in [0.15, 0.2) is 12.1 Å². The quantitative estimate of drug-likeness (QED) is 0.700. The summed E-state index contributed by atoms with van der Waals surface area (Å²) in [5, 5.41) is 3.11. The summed E-state index contributed by atoms with van der Waals surface area (Å²) in [7, 11) is 0. The van der Waals surface area contributed by atoms with E-state index in [1.54, 1.807) is 0 Å². The van der Waals surface area contributed by atoms with E-state index in [1.807, 2.05) is 0 Å². The van der Waals surface area contributed by atoms with Crippen LogP contribution < -0.4 is 5.32 Å². The van der Waals surface area contributed by atoms with Crippen molar-refractivity contribution in [2.24, 2.45) is 0 Å². The molecule has 3 nitrogen and oxygen atoms in total. The molecule has 0 radical (unpaired) electrons. The third kappa shape index (κ3) is 1.14. The van der Waals surface area contributed by atoms with Crippen LogP contribution >= 0.6 is 0 Å². The van der Waals surface area contributed by atoms with Crippen LogP contribution in [-0.2, 0) is 6.42 Å². The second-order valence-corrected chi connectivity index (χ2v) is 3.80. The van der Waals surface area contributed by atoms with Crippen LogP contribution in [0.1, 0.15) is 16.1 Å². The van der Waals surface area contributed by atoms with Gasteiger partial charge in [0.05, 0.1) is 5.56 Å². The second kappa shape index (κ2) is 3.04. The minimum atomic E-state index is -0.937. The maximum atomic E-state index is 13.1. The molecule has 5 heteroatoms. The SMILES string of the molecule is O=C1NCCc2[nH]c3cc(F)c(F)cc3c21. The molecule has 0 fully saturated rings. The largest absolute Gasteiger partial charge is 0.358 e. The maximum Gasteiger partial charge on any atom is 0.253 e. The third-order valence-corrected chi connectivity index (χ3v) is 2.80. The Bertz CT molecular complexity index is 604. The summed E-state index contributed by atoms with van der Waals surface area (Å²) >= 11 is 0. The van der Waals surface area contributed by atoms with E-state index in [-0.39, 0.29) is 5.91 Å². The van der Waals surface area contributed by atoms with Gasteiger partial charge in [-0.2, -0.15) is 0 Å². The Morgan fingerprint density at radius 3 is 2.75 bits per heavy atom. The zero-order chi connectivity index (χ0) is 11.3. The van der Waals surface area contributed by atoms with E-state index in [1.165, 1.54) is 0 Å². The van der Waals surface area contributed by atoms with Crippen LogP contribution in [0.25, 0.3) is 10.9 Å². The highest BCUT2D eigenvalue weighted by Gasteiger charge is 2.23. The smallest absolute Gasteiger partial charge is 0.253 e.